The topological polar surface area (TPSA) is 88.9 Å². The molecule has 0 spiro atoms. The van der Waals surface area contributed by atoms with Crippen LogP contribution < -0.4 is 10.6 Å². The van der Waals surface area contributed by atoms with Crippen molar-refractivity contribution in [3.05, 3.63) is 77.3 Å². The van der Waals surface area contributed by atoms with E-state index in [0.29, 0.717) is 34.0 Å². The number of hydrogen-bond donors (Lipinski definition) is 2. The van der Waals surface area contributed by atoms with Gasteiger partial charge in [-0.2, -0.15) is 0 Å². The summed E-state index contributed by atoms with van der Waals surface area (Å²) in [6, 6.07) is 10.5. The second-order valence-corrected chi connectivity index (χ2v) is 9.10. The highest BCUT2D eigenvalue weighted by Gasteiger charge is 2.22. The van der Waals surface area contributed by atoms with Gasteiger partial charge in [-0.1, -0.05) is 17.7 Å². The van der Waals surface area contributed by atoms with E-state index in [1.54, 1.807) is 31.6 Å². The third-order valence-electron chi connectivity index (χ3n) is 4.64. The molecule has 0 aliphatic rings. The number of anilines is 2. The van der Waals surface area contributed by atoms with E-state index >= 15 is 0 Å². The van der Waals surface area contributed by atoms with Crippen LogP contribution in [0.1, 0.15) is 11.1 Å². The number of nitrogens with one attached hydrogen (secondary N) is 2. The fraction of sp³-hybridized carbons (Fsp3) is 0.143. The Kier molecular flexibility index (Phi) is 6.86. The van der Waals surface area contributed by atoms with E-state index in [9.17, 15) is 8.42 Å². The molecule has 1 aromatic carbocycles. The number of aromatic nitrogens is 3. The Morgan fingerprint density at radius 1 is 1.16 bits per heavy atom. The minimum absolute atomic E-state index is 0. The number of rotatable bonds is 6. The molecular weight excluding hydrogens is 457 g/mol. The van der Waals surface area contributed by atoms with E-state index in [0.717, 1.165) is 11.1 Å². The molecule has 0 atom stereocenters. The quantitative estimate of drug-likeness (QED) is 0.424. The SMILES string of the molecule is CNCc1cn(S(=O)(=O)c2cccnc2)c2cc(Nc3ccc(C)cc3Cl)cnc12.Cl. The summed E-state index contributed by atoms with van der Waals surface area (Å²) >= 11 is 6.33. The molecule has 0 aliphatic carbocycles. The second kappa shape index (κ2) is 9.23. The van der Waals surface area contributed by atoms with Crippen LogP contribution in [0.15, 0.2) is 66.1 Å². The Balaban J connectivity index is 0.00000272. The minimum Gasteiger partial charge on any atom is -0.353 e. The zero-order valence-electron chi connectivity index (χ0n) is 16.8. The van der Waals surface area contributed by atoms with Crippen molar-refractivity contribution in [2.75, 3.05) is 12.4 Å². The summed E-state index contributed by atoms with van der Waals surface area (Å²) in [6.45, 7) is 2.44. The lowest BCUT2D eigenvalue weighted by Crippen LogP contribution is -2.12. The van der Waals surface area contributed by atoms with Crippen molar-refractivity contribution in [3.8, 4) is 0 Å². The molecule has 3 aromatic heterocycles. The monoisotopic (exact) mass is 477 g/mol. The zero-order valence-corrected chi connectivity index (χ0v) is 19.2. The molecule has 0 fully saturated rings. The average Bonchev–Trinajstić information content (AvgIpc) is 3.10. The second-order valence-electron chi connectivity index (χ2n) is 6.87. The summed E-state index contributed by atoms with van der Waals surface area (Å²) in [5.41, 5.74) is 4.25. The van der Waals surface area contributed by atoms with Crippen LogP contribution in [-0.2, 0) is 16.6 Å². The average molecular weight is 478 g/mol. The van der Waals surface area contributed by atoms with Gasteiger partial charge >= 0.3 is 0 Å². The van der Waals surface area contributed by atoms with Gasteiger partial charge in [-0.15, -0.1) is 12.4 Å². The fourth-order valence-corrected chi connectivity index (χ4v) is 4.84. The van der Waals surface area contributed by atoms with E-state index < -0.39 is 10.0 Å². The molecule has 3 heterocycles. The standard InChI is InChI=1S/C21H20ClN5O2S.ClH/c1-14-5-6-19(18(22)8-14)26-16-9-20-21(25-11-16)15(10-23-2)13-27(20)30(28,29)17-4-3-7-24-12-17;/h3-9,11-13,23,26H,10H2,1-2H3;1H. The molecule has 162 valence electrons. The largest absolute Gasteiger partial charge is 0.353 e. The van der Waals surface area contributed by atoms with E-state index in [4.69, 9.17) is 11.6 Å². The Labute approximate surface area is 191 Å². The van der Waals surface area contributed by atoms with Crippen LogP contribution in [-0.4, -0.2) is 29.4 Å². The van der Waals surface area contributed by atoms with E-state index in [1.807, 2.05) is 25.1 Å². The molecule has 0 amide bonds. The lowest BCUT2D eigenvalue weighted by atomic mass is 10.2. The highest BCUT2D eigenvalue weighted by atomic mass is 35.5. The maximum absolute atomic E-state index is 13.3. The molecule has 0 bridgehead atoms. The van der Waals surface area contributed by atoms with Crippen molar-refractivity contribution in [2.45, 2.75) is 18.4 Å². The highest BCUT2D eigenvalue weighted by Crippen LogP contribution is 2.30. The molecular formula is C21H21Cl2N5O2S. The first kappa shape index (κ1) is 23.0. The lowest BCUT2D eigenvalue weighted by molar-refractivity contribution is 0.588. The van der Waals surface area contributed by atoms with Gasteiger partial charge in [-0.05, 0) is 49.9 Å². The molecule has 0 aliphatic heterocycles. The van der Waals surface area contributed by atoms with Crippen molar-refractivity contribution in [2.24, 2.45) is 0 Å². The number of halogens is 2. The van der Waals surface area contributed by atoms with E-state index in [-0.39, 0.29) is 17.3 Å². The van der Waals surface area contributed by atoms with Gasteiger partial charge in [0, 0.05) is 30.7 Å². The van der Waals surface area contributed by atoms with Crippen LogP contribution >= 0.6 is 24.0 Å². The van der Waals surface area contributed by atoms with Crippen LogP contribution in [0.4, 0.5) is 11.4 Å². The molecule has 4 aromatic rings. The predicted molar refractivity (Wildman–Crippen MR) is 126 cm³/mol. The number of benzene rings is 1. The first-order valence-electron chi connectivity index (χ1n) is 9.23. The van der Waals surface area contributed by atoms with Gasteiger partial charge in [0.15, 0.2) is 0 Å². The Morgan fingerprint density at radius 3 is 2.65 bits per heavy atom. The maximum atomic E-state index is 13.3. The molecule has 2 N–H and O–H groups in total. The molecule has 0 saturated heterocycles. The predicted octanol–water partition coefficient (Wildman–Crippen LogP) is 4.51. The normalized spacial score (nSPS) is 11.3. The Bertz CT molecular complexity index is 1320. The van der Waals surface area contributed by atoms with Crippen LogP contribution in [0.3, 0.4) is 0 Å². The molecule has 0 unspecified atom stereocenters. The smallest absolute Gasteiger partial charge is 0.269 e. The third-order valence-corrected chi connectivity index (χ3v) is 6.61. The zero-order chi connectivity index (χ0) is 21.3. The minimum atomic E-state index is -3.83. The Hall–Kier alpha value is -2.65. The van der Waals surface area contributed by atoms with Crippen LogP contribution in [0, 0.1) is 6.92 Å². The van der Waals surface area contributed by atoms with Crippen LogP contribution in [0.25, 0.3) is 11.0 Å². The molecule has 10 heteroatoms. The maximum Gasteiger partial charge on any atom is 0.269 e. The summed E-state index contributed by atoms with van der Waals surface area (Å²) < 4.78 is 27.8. The van der Waals surface area contributed by atoms with Crippen molar-refractivity contribution in [1.82, 2.24) is 19.3 Å². The summed E-state index contributed by atoms with van der Waals surface area (Å²) in [6.07, 6.45) is 6.13. The van der Waals surface area contributed by atoms with Gasteiger partial charge in [0.25, 0.3) is 10.0 Å². The first-order valence-corrected chi connectivity index (χ1v) is 11.1. The van der Waals surface area contributed by atoms with Crippen molar-refractivity contribution in [1.29, 1.82) is 0 Å². The summed E-state index contributed by atoms with van der Waals surface area (Å²) in [5.74, 6) is 0. The van der Waals surface area contributed by atoms with Crippen molar-refractivity contribution < 1.29 is 8.42 Å². The molecule has 0 saturated carbocycles. The Morgan fingerprint density at radius 2 is 1.97 bits per heavy atom. The number of aryl methyl sites for hydroxylation is 1. The van der Waals surface area contributed by atoms with Gasteiger partial charge in [0.2, 0.25) is 0 Å². The first-order chi connectivity index (χ1) is 14.4. The summed E-state index contributed by atoms with van der Waals surface area (Å²) in [7, 11) is -2.03. The molecule has 4 rings (SSSR count). The van der Waals surface area contributed by atoms with Gasteiger partial charge in [-0.25, -0.2) is 12.4 Å². The van der Waals surface area contributed by atoms with Gasteiger partial charge < -0.3 is 10.6 Å². The molecule has 0 radical (unpaired) electrons. The fourth-order valence-electron chi connectivity index (χ4n) is 3.22. The van der Waals surface area contributed by atoms with Gasteiger partial charge in [0.1, 0.15) is 4.90 Å². The van der Waals surface area contributed by atoms with Crippen LogP contribution in [0.5, 0.6) is 0 Å². The van der Waals surface area contributed by atoms with Gasteiger partial charge in [0.05, 0.1) is 33.6 Å². The number of pyridine rings is 2. The molecule has 7 nitrogen and oxygen atoms in total. The number of hydrogen-bond acceptors (Lipinski definition) is 6. The lowest BCUT2D eigenvalue weighted by Gasteiger charge is -2.11. The highest BCUT2D eigenvalue weighted by molar-refractivity contribution is 7.90. The van der Waals surface area contributed by atoms with Crippen molar-refractivity contribution in [3.63, 3.8) is 0 Å². The van der Waals surface area contributed by atoms with Gasteiger partial charge in [-0.3, -0.25) is 9.97 Å². The van der Waals surface area contributed by atoms with Crippen molar-refractivity contribution >= 4 is 56.4 Å². The summed E-state index contributed by atoms with van der Waals surface area (Å²) in [5, 5.41) is 6.85. The third kappa shape index (κ3) is 4.52. The number of fused-ring (bicyclic) bond motifs is 1. The molecule has 31 heavy (non-hydrogen) atoms. The van der Waals surface area contributed by atoms with E-state index in [2.05, 4.69) is 20.6 Å². The number of nitrogens with zero attached hydrogens (tertiary/aromatic N) is 3. The summed E-state index contributed by atoms with van der Waals surface area (Å²) in [4.78, 5) is 8.58. The van der Waals surface area contributed by atoms with E-state index in [1.165, 1.54) is 22.4 Å². The van der Waals surface area contributed by atoms with Crippen LogP contribution in [0.2, 0.25) is 5.02 Å².